The van der Waals surface area contributed by atoms with Gasteiger partial charge in [0.15, 0.2) is 0 Å². The first kappa shape index (κ1) is 19.0. The second-order valence-corrected chi connectivity index (χ2v) is 7.49. The van der Waals surface area contributed by atoms with Gasteiger partial charge in [-0.3, -0.25) is 9.69 Å². The number of Topliss-reactive ketones (excluding diaryl/α,β-unsaturated/α-hetero) is 1. The summed E-state index contributed by atoms with van der Waals surface area (Å²) in [5, 5.41) is 0. The van der Waals surface area contributed by atoms with Gasteiger partial charge in [0.1, 0.15) is 11.5 Å². The van der Waals surface area contributed by atoms with Gasteiger partial charge in [-0.25, -0.2) is 0 Å². The maximum absolute atomic E-state index is 12.4. The van der Waals surface area contributed by atoms with Crippen molar-refractivity contribution >= 4 is 5.78 Å². The Balaban J connectivity index is 1.98. The van der Waals surface area contributed by atoms with Crippen LogP contribution in [0, 0.1) is 11.8 Å². The molecule has 0 unspecified atom stereocenters. The van der Waals surface area contributed by atoms with E-state index in [9.17, 15) is 4.79 Å². The van der Waals surface area contributed by atoms with E-state index in [-0.39, 0.29) is 11.8 Å². The number of carbonyl (C=O) groups is 1. The highest BCUT2D eigenvalue weighted by atomic mass is 16.5. The SMILES string of the molecule is CC[C@H](C)C(=O)C1CCN(Cc2cc(C(C)C)ccc2OC)CC1. The molecule has 0 radical (unpaired) electrons. The van der Waals surface area contributed by atoms with Crippen molar-refractivity contribution in [3.05, 3.63) is 29.3 Å². The van der Waals surface area contributed by atoms with Crippen LogP contribution in [0.5, 0.6) is 5.75 Å². The summed E-state index contributed by atoms with van der Waals surface area (Å²) in [5.74, 6) is 2.44. The smallest absolute Gasteiger partial charge is 0.138 e. The zero-order valence-electron chi connectivity index (χ0n) is 16.0. The second-order valence-electron chi connectivity index (χ2n) is 7.49. The van der Waals surface area contributed by atoms with Gasteiger partial charge in [-0.15, -0.1) is 0 Å². The molecule has 1 aromatic rings. The number of ketones is 1. The standard InChI is InChI=1S/C21H33NO2/c1-6-16(4)21(23)17-9-11-22(12-10-17)14-19-13-18(15(2)3)7-8-20(19)24-5/h7-8,13,15-17H,6,9-12,14H2,1-5H3/t16-/m0/s1. The number of piperidine rings is 1. The van der Waals surface area contributed by atoms with Crippen LogP contribution in [0.25, 0.3) is 0 Å². The van der Waals surface area contributed by atoms with Crippen molar-refractivity contribution in [3.63, 3.8) is 0 Å². The fraction of sp³-hybridized carbons (Fsp3) is 0.667. The molecule has 0 spiro atoms. The number of hydrogen-bond donors (Lipinski definition) is 0. The van der Waals surface area contributed by atoms with Gasteiger partial charge >= 0.3 is 0 Å². The Morgan fingerprint density at radius 2 is 1.92 bits per heavy atom. The van der Waals surface area contributed by atoms with Gasteiger partial charge in [0.2, 0.25) is 0 Å². The highest BCUT2D eigenvalue weighted by molar-refractivity contribution is 5.83. The van der Waals surface area contributed by atoms with Crippen LogP contribution in [0.2, 0.25) is 0 Å². The van der Waals surface area contributed by atoms with Gasteiger partial charge < -0.3 is 4.74 Å². The minimum atomic E-state index is 0.212. The summed E-state index contributed by atoms with van der Waals surface area (Å²) in [4.78, 5) is 14.8. The Kier molecular flexibility index (Phi) is 6.85. The molecule has 2 rings (SSSR count). The average molecular weight is 332 g/mol. The molecule has 0 N–H and O–H groups in total. The second kappa shape index (κ2) is 8.66. The van der Waals surface area contributed by atoms with Crippen LogP contribution in [0.15, 0.2) is 18.2 Å². The maximum atomic E-state index is 12.4. The molecule has 1 aliphatic rings. The van der Waals surface area contributed by atoms with Crippen LogP contribution in [-0.2, 0) is 11.3 Å². The maximum Gasteiger partial charge on any atom is 0.138 e. The molecule has 0 bridgehead atoms. The highest BCUT2D eigenvalue weighted by Gasteiger charge is 2.27. The van der Waals surface area contributed by atoms with Crippen molar-refractivity contribution in [1.29, 1.82) is 0 Å². The van der Waals surface area contributed by atoms with Gasteiger partial charge in [-0.1, -0.05) is 39.8 Å². The third kappa shape index (κ3) is 4.60. The molecule has 1 aromatic carbocycles. The van der Waals surface area contributed by atoms with E-state index in [1.54, 1.807) is 7.11 Å². The summed E-state index contributed by atoms with van der Waals surface area (Å²) in [6, 6.07) is 6.52. The van der Waals surface area contributed by atoms with Crippen molar-refractivity contribution in [2.45, 2.75) is 59.4 Å². The number of likely N-dealkylation sites (tertiary alicyclic amines) is 1. The number of hydrogen-bond acceptors (Lipinski definition) is 3. The first-order valence-corrected chi connectivity index (χ1v) is 9.39. The Morgan fingerprint density at radius 1 is 1.25 bits per heavy atom. The molecule has 134 valence electrons. The van der Waals surface area contributed by atoms with Crippen LogP contribution in [-0.4, -0.2) is 30.9 Å². The number of benzene rings is 1. The molecule has 1 heterocycles. The molecule has 0 aromatic heterocycles. The summed E-state index contributed by atoms with van der Waals surface area (Å²) >= 11 is 0. The fourth-order valence-corrected chi connectivity index (χ4v) is 3.50. The third-order valence-corrected chi connectivity index (χ3v) is 5.45. The van der Waals surface area contributed by atoms with Crippen LogP contribution in [0.3, 0.4) is 0 Å². The topological polar surface area (TPSA) is 29.5 Å². The molecule has 1 aliphatic heterocycles. The van der Waals surface area contributed by atoms with E-state index in [1.165, 1.54) is 11.1 Å². The van der Waals surface area contributed by atoms with Crippen molar-refractivity contribution < 1.29 is 9.53 Å². The van der Waals surface area contributed by atoms with E-state index < -0.39 is 0 Å². The molecule has 24 heavy (non-hydrogen) atoms. The molecule has 1 fully saturated rings. The Hall–Kier alpha value is -1.35. The lowest BCUT2D eigenvalue weighted by molar-refractivity contribution is -0.127. The lowest BCUT2D eigenvalue weighted by Gasteiger charge is -2.32. The van der Waals surface area contributed by atoms with E-state index in [1.807, 2.05) is 0 Å². The number of carbonyl (C=O) groups excluding carboxylic acids is 1. The largest absolute Gasteiger partial charge is 0.496 e. The predicted molar refractivity (Wildman–Crippen MR) is 99.5 cm³/mol. The van der Waals surface area contributed by atoms with E-state index in [4.69, 9.17) is 4.74 Å². The third-order valence-electron chi connectivity index (χ3n) is 5.45. The minimum absolute atomic E-state index is 0.212. The van der Waals surface area contributed by atoms with Crippen molar-refractivity contribution in [3.8, 4) is 5.75 Å². The fourth-order valence-electron chi connectivity index (χ4n) is 3.50. The predicted octanol–water partition coefficient (Wildman–Crippen LogP) is 4.65. The molecular formula is C21H33NO2. The van der Waals surface area contributed by atoms with E-state index >= 15 is 0 Å². The lowest BCUT2D eigenvalue weighted by atomic mass is 9.85. The Morgan fingerprint density at radius 3 is 2.46 bits per heavy atom. The number of methoxy groups -OCH3 is 1. The zero-order valence-corrected chi connectivity index (χ0v) is 16.0. The average Bonchev–Trinajstić information content (AvgIpc) is 2.60. The molecule has 1 saturated heterocycles. The van der Waals surface area contributed by atoms with Crippen LogP contribution in [0.4, 0.5) is 0 Å². The summed E-state index contributed by atoms with van der Waals surface area (Å²) in [5.41, 5.74) is 2.61. The normalized spacial score (nSPS) is 17.9. The summed E-state index contributed by atoms with van der Waals surface area (Å²) in [6.07, 6.45) is 2.95. The molecule has 0 amide bonds. The summed E-state index contributed by atoms with van der Waals surface area (Å²) in [7, 11) is 1.74. The lowest BCUT2D eigenvalue weighted by Crippen LogP contribution is -2.37. The van der Waals surface area contributed by atoms with Crippen LogP contribution >= 0.6 is 0 Å². The molecule has 3 heteroatoms. The van der Waals surface area contributed by atoms with Crippen molar-refractivity contribution in [2.75, 3.05) is 20.2 Å². The summed E-state index contributed by atoms with van der Waals surface area (Å²) in [6.45, 7) is 11.5. The first-order chi connectivity index (χ1) is 11.5. The first-order valence-electron chi connectivity index (χ1n) is 9.39. The van der Waals surface area contributed by atoms with Gasteiger partial charge in [-0.2, -0.15) is 0 Å². The number of rotatable bonds is 7. The van der Waals surface area contributed by atoms with Crippen molar-refractivity contribution in [1.82, 2.24) is 4.90 Å². The number of nitrogens with zero attached hydrogens (tertiary/aromatic N) is 1. The van der Waals surface area contributed by atoms with E-state index in [0.29, 0.717) is 11.7 Å². The number of ether oxygens (including phenoxy) is 1. The molecule has 3 nitrogen and oxygen atoms in total. The molecule has 1 atom stereocenters. The highest BCUT2D eigenvalue weighted by Crippen LogP contribution is 2.28. The minimum Gasteiger partial charge on any atom is -0.496 e. The monoisotopic (exact) mass is 331 g/mol. The zero-order chi connectivity index (χ0) is 17.7. The van der Waals surface area contributed by atoms with Gasteiger partial charge in [0.05, 0.1) is 7.11 Å². The molecule has 0 saturated carbocycles. The van der Waals surface area contributed by atoms with Crippen molar-refractivity contribution in [2.24, 2.45) is 11.8 Å². The van der Waals surface area contributed by atoms with Gasteiger partial charge in [0.25, 0.3) is 0 Å². The Bertz CT molecular complexity index is 545. The van der Waals surface area contributed by atoms with Crippen LogP contribution < -0.4 is 4.74 Å². The summed E-state index contributed by atoms with van der Waals surface area (Å²) < 4.78 is 5.55. The van der Waals surface area contributed by atoms with E-state index in [0.717, 1.165) is 44.6 Å². The Labute approximate surface area is 147 Å². The quantitative estimate of drug-likeness (QED) is 0.728. The van der Waals surface area contributed by atoms with E-state index in [2.05, 4.69) is 50.8 Å². The van der Waals surface area contributed by atoms with Crippen LogP contribution in [0.1, 0.15) is 64.0 Å². The van der Waals surface area contributed by atoms with Gasteiger partial charge in [-0.05, 0) is 49.9 Å². The van der Waals surface area contributed by atoms with Gasteiger partial charge in [0, 0.05) is 23.9 Å². The molecule has 0 aliphatic carbocycles. The molecular weight excluding hydrogens is 298 g/mol.